The monoisotopic (exact) mass is 230 g/mol. The van der Waals surface area contributed by atoms with E-state index in [1.807, 2.05) is 0 Å². The zero-order chi connectivity index (χ0) is 8.97. The third-order valence-electron chi connectivity index (χ3n) is 1.39. The molecule has 0 aliphatic rings. The molecule has 0 amide bonds. The van der Waals surface area contributed by atoms with E-state index in [0.29, 0.717) is 10.9 Å². The van der Waals surface area contributed by atoms with Gasteiger partial charge < -0.3 is 5.11 Å². The number of allylic oxidation sites excluding steroid dienone is 1. The summed E-state index contributed by atoms with van der Waals surface area (Å²) in [5.74, 6) is -0.888. The number of hydrogen-bond donors (Lipinski definition) is 1. The minimum atomic E-state index is -0.574. The Hall–Kier alpha value is -0.830. The lowest BCUT2D eigenvalue weighted by molar-refractivity contribution is 0.432. The molecule has 0 bridgehead atoms. The number of halogens is 2. The molecule has 1 rings (SSSR count). The summed E-state index contributed by atoms with van der Waals surface area (Å²) in [5, 5.41) is 9.65. The molecule has 64 valence electrons. The van der Waals surface area contributed by atoms with Crippen LogP contribution in [0.5, 0.6) is 5.75 Å². The van der Waals surface area contributed by atoms with Gasteiger partial charge in [-0.25, -0.2) is 4.39 Å². The van der Waals surface area contributed by atoms with Crippen LogP contribution in [0.4, 0.5) is 4.39 Å². The van der Waals surface area contributed by atoms with Gasteiger partial charge in [-0.05, 0) is 6.07 Å². The van der Waals surface area contributed by atoms with Gasteiger partial charge in [0, 0.05) is 10.9 Å². The topological polar surface area (TPSA) is 20.2 Å². The van der Waals surface area contributed by atoms with Crippen LogP contribution in [0, 0.1) is 5.82 Å². The van der Waals surface area contributed by atoms with Crippen LogP contribution < -0.4 is 0 Å². The second-order valence-corrected chi connectivity index (χ2v) is 2.88. The standard InChI is InChI=1S/C9H8BrFO/c10-6-2-4-7-3-1-5-8(12)9(7)11/h1-5,12H,6H2. The van der Waals surface area contributed by atoms with E-state index >= 15 is 0 Å². The Balaban J connectivity index is 3.00. The molecule has 12 heavy (non-hydrogen) atoms. The summed E-state index contributed by atoms with van der Waals surface area (Å²) in [5.41, 5.74) is 0.398. The molecule has 0 unspecified atom stereocenters. The maximum absolute atomic E-state index is 13.0. The van der Waals surface area contributed by atoms with Crippen molar-refractivity contribution in [2.45, 2.75) is 0 Å². The van der Waals surface area contributed by atoms with Crippen molar-refractivity contribution in [3.63, 3.8) is 0 Å². The molecule has 1 aromatic rings. The Morgan fingerprint density at radius 2 is 2.25 bits per heavy atom. The lowest BCUT2D eigenvalue weighted by atomic mass is 10.2. The summed E-state index contributed by atoms with van der Waals surface area (Å²) in [6, 6.07) is 4.53. The highest BCUT2D eigenvalue weighted by Crippen LogP contribution is 2.19. The van der Waals surface area contributed by atoms with Gasteiger partial charge in [0.1, 0.15) is 0 Å². The van der Waals surface area contributed by atoms with Crippen molar-refractivity contribution in [3.05, 3.63) is 35.7 Å². The summed E-state index contributed by atoms with van der Waals surface area (Å²) < 4.78 is 13.0. The maximum Gasteiger partial charge on any atom is 0.171 e. The van der Waals surface area contributed by atoms with E-state index in [1.54, 1.807) is 24.3 Å². The Morgan fingerprint density at radius 3 is 2.92 bits per heavy atom. The molecule has 0 spiro atoms. The quantitative estimate of drug-likeness (QED) is 0.776. The highest BCUT2D eigenvalue weighted by atomic mass is 79.9. The minimum Gasteiger partial charge on any atom is -0.505 e. The van der Waals surface area contributed by atoms with Gasteiger partial charge >= 0.3 is 0 Å². The minimum absolute atomic E-state index is 0.313. The van der Waals surface area contributed by atoms with E-state index in [4.69, 9.17) is 5.11 Å². The first-order chi connectivity index (χ1) is 5.75. The van der Waals surface area contributed by atoms with Crippen molar-refractivity contribution >= 4 is 22.0 Å². The van der Waals surface area contributed by atoms with Crippen LogP contribution >= 0.6 is 15.9 Å². The SMILES string of the molecule is Oc1cccc(C=CCBr)c1F. The molecular formula is C9H8BrFO. The van der Waals surface area contributed by atoms with Crippen LogP contribution in [-0.4, -0.2) is 10.4 Å². The summed E-state index contributed by atoms with van der Waals surface area (Å²) in [6.07, 6.45) is 3.38. The lowest BCUT2D eigenvalue weighted by Gasteiger charge is -1.97. The maximum atomic E-state index is 13.0. The molecule has 1 aromatic carbocycles. The van der Waals surface area contributed by atoms with Crippen molar-refractivity contribution in [3.8, 4) is 5.75 Å². The number of phenolic OH excluding ortho intramolecular Hbond substituents is 1. The van der Waals surface area contributed by atoms with Crippen LogP contribution in [0.25, 0.3) is 6.08 Å². The van der Waals surface area contributed by atoms with E-state index < -0.39 is 5.82 Å². The molecule has 0 heterocycles. The molecule has 0 aromatic heterocycles. The third kappa shape index (κ3) is 2.08. The van der Waals surface area contributed by atoms with Gasteiger partial charge in [-0.15, -0.1) is 0 Å². The molecule has 3 heteroatoms. The molecule has 0 saturated heterocycles. The van der Waals surface area contributed by atoms with Gasteiger partial charge in [-0.1, -0.05) is 40.2 Å². The first kappa shape index (κ1) is 9.26. The van der Waals surface area contributed by atoms with Crippen LogP contribution in [-0.2, 0) is 0 Å². The molecule has 0 atom stereocenters. The molecular weight excluding hydrogens is 223 g/mol. The smallest absolute Gasteiger partial charge is 0.171 e. The van der Waals surface area contributed by atoms with Gasteiger partial charge in [-0.2, -0.15) is 0 Å². The van der Waals surface area contributed by atoms with E-state index in [-0.39, 0.29) is 5.75 Å². The van der Waals surface area contributed by atoms with E-state index in [2.05, 4.69) is 15.9 Å². The Morgan fingerprint density at radius 1 is 1.50 bits per heavy atom. The fourth-order valence-electron chi connectivity index (χ4n) is 0.837. The van der Waals surface area contributed by atoms with Gasteiger partial charge in [-0.3, -0.25) is 0 Å². The first-order valence-corrected chi connectivity index (χ1v) is 4.58. The Labute approximate surface area is 78.7 Å². The fourth-order valence-corrected chi connectivity index (χ4v) is 1.02. The average Bonchev–Trinajstić information content (AvgIpc) is 2.08. The van der Waals surface area contributed by atoms with E-state index in [9.17, 15) is 4.39 Å². The number of rotatable bonds is 2. The molecule has 0 aliphatic carbocycles. The van der Waals surface area contributed by atoms with E-state index in [1.165, 1.54) is 6.07 Å². The van der Waals surface area contributed by atoms with Crippen molar-refractivity contribution in [1.29, 1.82) is 0 Å². The zero-order valence-corrected chi connectivity index (χ0v) is 7.88. The summed E-state index contributed by atoms with van der Waals surface area (Å²) in [6.45, 7) is 0. The van der Waals surface area contributed by atoms with Crippen LogP contribution in [0.2, 0.25) is 0 Å². The van der Waals surface area contributed by atoms with E-state index in [0.717, 1.165) is 0 Å². The summed E-state index contributed by atoms with van der Waals surface area (Å²) in [7, 11) is 0. The average molecular weight is 231 g/mol. The number of aromatic hydroxyl groups is 1. The fraction of sp³-hybridized carbons (Fsp3) is 0.111. The highest BCUT2D eigenvalue weighted by Gasteiger charge is 2.02. The van der Waals surface area contributed by atoms with Crippen molar-refractivity contribution in [2.75, 3.05) is 5.33 Å². The largest absolute Gasteiger partial charge is 0.505 e. The molecule has 0 fully saturated rings. The second-order valence-electron chi connectivity index (χ2n) is 2.24. The molecule has 1 nitrogen and oxygen atoms in total. The molecule has 1 N–H and O–H groups in total. The first-order valence-electron chi connectivity index (χ1n) is 3.45. The van der Waals surface area contributed by atoms with Crippen LogP contribution in [0.3, 0.4) is 0 Å². The van der Waals surface area contributed by atoms with Gasteiger partial charge in [0.2, 0.25) is 0 Å². The lowest BCUT2D eigenvalue weighted by Crippen LogP contribution is -1.81. The zero-order valence-electron chi connectivity index (χ0n) is 6.30. The normalized spacial score (nSPS) is 10.8. The predicted molar refractivity (Wildman–Crippen MR) is 50.9 cm³/mol. The van der Waals surface area contributed by atoms with Gasteiger partial charge in [0.05, 0.1) is 0 Å². The summed E-state index contributed by atoms with van der Waals surface area (Å²) in [4.78, 5) is 0. The third-order valence-corrected chi connectivity index (χ3v) is 1.77. The van der Waals surface area contributed by atoms with Crippen molar-refractivity contribution in [1.82, 2.24) is 0 Å². The number of alkyl halides is 1. The molecule has 0 radical (unpaired) electrons. The number of hydrogen-bond acceptors (Lipinski definition) is 1. The van der Waals surface area contributed by atoms with Crippen molar-refractivity contribution in [2.24, 2.45) is 0 Å². The van der Waals surface area contributed by atoms with Crippen LogP contribution in [0.15, 0.2) is 24.3 Å². The van der Waals surface area contributed by atoms with Crippen molar-refractivity contribution < 1.29 is 9.50 Å². The molecule has 0 aliphatic heterocycles. The highest BCUT2D eigenvalue weighted by molar-refractivity contribution is 9.09. The van der Waals surface area contributed by atoms with Crippen LogP contribution in [0.1, 0.15) is 5.56 Å². The van der Waals surface area contributed by atoms with Gasteiger partial charge in [0.25, 0.3) is 0 Å². The molecule has 0 saturated carbocycles. The Kier molecular flexibility index (Phi) is 3.29. The summed E-state index contributed by atoms with van der Waals surface area (Å²) >= 11 is 3.18. The second kappa shape index (κ2) is 4.26. The number of benzene rings is 1. The number of phenols is 1. The van der Waals surface area contributed by atoms with Gasteiger partial charge in [0.15, 0.2) is 11.6 Å². The Bertz CT molecular complexity index is 297. The predicted octanol–water partition coefficient (Wildman–Crippen LogP) is 2.94.